The van der Waals surface area contributed by atoms with Crippen LogP contribution in [0.15, 0.2) is 42.5 Å². The number of anilines is 1. The van der Waals surface area contributed by atoms with E-state index in [1.165, 1.54) is 22.9 Å². The van der Waals surface area contributed by atoms with E-state index in [9.17, 15) is 4.39 Å². The van der Waals surface area contributed by atoms with Gasteiger partial charge in [0.25, 0.3) is 0 Å². The minimum Gasteiger partial charge on any atom is -0.398 e. The smallest absolute Gasteiger partial charge is 0.189 e. The van der Waals surface area contributed by atoms with Crippen LogP contribution < -0.4 is 5.73 Å². The fourth-order valence-corrected chi connectivity index (χ4v) is 2.01. The first-order valence-corrected chi connectivity index (χ1v) is 6.06. The predicted molar refractivity (Wildman–Crippen MR) is 73.7 cm³/mol. The number of nitrogens with two attached hydrogens (primary N) is 1. The van der Waals surface area contributed by atoms with E-state index in [4.69, 9.17) is 5.73 Å². The molecule has 0 spiro atoms. The summed E-state index contributed by atoms with van der Waals surface area (Å²) in [6.45, 7) is 1.98. The predicted octanol–water partition coefficient (Wildman–Crippen LogP) is 2.36. The minimum atomic E-state index is -0.381. The van der Waals surface area contributed by atoms with Gasteiger partial charge in [-0.3, -0.25) is 0 Å². The van der Waals surface area contributed by atoms with Gasteiger partial charge < -0.3 is 5.73 Å². The second kappa shape index (κ2) is 4.73. The van der Waals surface area contributed by atoms with Gasteiger partial charge in [0, 0.05) is 11.3 Å². The summed E-state index contributed by atoms with van der Waals surface area (Å²) in [7, 11) is 0. The summed E-state index contributed by atoms with van der Waals surface area (Å²) < 4.78 is 14.9. The number of tetrazole rings is 1. The Hall–Kier alpha value is -2.76. The standard InChI is InChI=1S/C14H12FN5/c1-9-3-2-4-11(7-9)20-14(17-18-19-20)12-8-10(15)5-6-13(12)16/h2-8H,16H2,1H3. The number of hydrogen-bond acceptors (Lipinski definition) is 4. The van der Waals surface area contributed by atoms with Gasteiger partial charge in [-0.05, 0) is 53.2 Å². The van der Waals surface area contributed by atoms with Gasteiger partial charge in [0.2, 0.25) is 0 Å². The van der Waals surface area contributed by atoms with E-state index in [2.05, 4.69) is 15.5 Å². The minimum absolute atomic E-state index is 0.381. The van der Waals surface area contributed by atoms with Crippen LogP contribution in [-0.2, 0) is 0 Å². The number of nitrogens with zero attached hydrogens (tertiary/aromatic N) is 4. The highest BCUT2D eigenvalue weighted by atomic mass is 19.1. The van der Waals surface area contributed by atoms with Crippen molar-refractivity contribution in [3.05, 3.63) is 53.8 Å². The first-order chi connectivity index (χ1) is 9.65. The number of benzene rings is 2. The Balaban J connectivity index is 2.18. The molecule has 0 aliphatic rings. The summed E-state index contributed by atoms with van der Waals surface area (Å²) in [6, 6.07) is 11.8. The molecule has 0 radical (unpaired) electrons. The van der Waals surface area contributed by atoms with Gasteiger partial charge in [0.15, 0.2) is 5.82 Å². The molecule has 0 bridgehead atoms. The van der Waals surface area contributed by atoms with Crippen LogP contribution in [0.25, 0.3) is 17.1 Å². The van der Waals surface area contributed by atoms with Gasteiger partial charge in [-0.25, -0.2) is 4.39 Å². The molecule has 0 amide bonds. The zero-order chi connectivity index (χ0) is 14.1. The van der Waals surface area contributed by atoms with E-state index in [-0.39, 0.29) is 5.82 Å². The van der Waals surface area contributed by atoms with Crippen molar-refractivity contribution in [2.24, 2.45) is 0 Å². The lowest BCUT2D eigenvalue weighted by Gasteiger charge is -2.07. The molecule has 0 unspecified atom stereocenters. The Kier molecular flexibility index (Phi) is 2.90. The SMILES string of the molecule is Cc1cccc(-n2nnnc2-c2cc(F)ccc2N)c1. The van der Waals surface area contributed by atoms with Crippen LogP contribution >= 0.6 is 0 Å². The monoisotopic (exact) mass is 269 g/mol. The summed E-state index contributed by atoms with van der Waals surface area (Å²) in [4.78, 5) is 0. The van der Waals surface area contributed by atoms with Crippen molar-refractivity contribution in [1.82, 2.24) is 20.2 Å². The molecule has 5 nitrogen and oxygen atoms in total. The molecule has 0 saturated carbocycles. The first-order valence-electron chi connectivity index (χ1n) is 6.06. The highest BCUT2D eigenvalue weighted by Gasteiger charge is 2.14. The van der Waals surface area contributed by atoms with Gasteiger partial charge in [-0.15, -0.1) is 5.10 Å². The van der Waals surface area contributed by atoms with Gasteiger partial charge in [-0.2, -0.15) is 4.68 Å². The van der Waals surface area contributed by atoms with E-state index < -0.39 is 0 Å². The van der Waals surface area contributed by atoms with Crippen LogP contribution in [0, 0.1) is 12.7 Å². The maximum atomic E-state index is 13.4. The number of aryl methyl sites for hydroxylation is 1. The summed E-state index contributed by atoms with van der Waals surface area (Å²) in [5.74, 6) is 0.0283. The largest absolute Gasteiger partial charge is 0.398 e. The maximum Gasteiger partial charge on any atom is 0.189 e. The van der Waals surface area contributed by atoms with Crippen LogP contribution in [0.3, 0.4) is 0 Å². The van der Waals surface area contributed by atoms with E-state index in [1.54, 1.807) is 0 Å². The molecular formula is C14H12FN5. The zero-order valence-corrected chi connectivity index (χ0v) is 10.8. The number of hydrogen-bond donors (Lipinski definition) is 1. The summed E-state index contributed by atoms with van der Waals surface area (Å²) in [5, 5.41) is 11.6. The van der Waals surface area contributed by atoms with E-state index in [0.29, 0.717) is 17.1 Å². The van der Waals surface area contributed by atoms with Crippen LogP contribution in [-0.4, -0.2) is 20.2 Å². The van der Waals surface area contributed by atoms with Crippen molar-refractivity contribution in [3.8, 4) is 17.1 Å². The van der Waals surface area contributed by atoms with Crippen LogP contribution in [0.2, 0.25) is 0 Å². The fraction of sp³-hybridized carbons (Fsp3) is 0.0714. The van der Waals surface area contributed by atoms with Crippen LogP contribution in [0.4, 0.5) is 10.1 Å². The molecule has 100 valence electrons. The molecule has 2 N–H and O–H groups in total. The summed E-state index contributed by atoms with van der Waals surface area (Å²) in [6.07, 6.45) is 0. The Morgan fingerprint density at radius 1 is 1.15 bits per heavy atom. The molecule has 0 fully saturated rings. The average molecular weight is 269 g/mol. The number of halogens is 1. The van der Waals surface area contributed by atoms with Gasteiger partial charge >= 0.3 is 0 Å². The third-order valence-electron chi connectivity index (χ3n) is 2.97. The highest BCUT2D eigenvalue weighted by Crippen LogP contribution is 2.26. The second-order valence-electron chi connectivity index (χ2n) is 4.48. The number of aromatic nitrogens is 4. The molecule has 0 saturated heterocycles. The molecule has 3 rings (SSSR count). The van der Waals surface area contributed by atoms with Crippen molar-refractivity contribution in [2.45, 2.75) is 6.92 Å². The third-order valence-corrected chi connectivity index (χ3v) is 2.97. The molecule has 2 aromatic carbocycles. The number of nitrogen functional groups attached to an aromatic ring is 1. The van der Waals surface area contributed by atoms with Crippen molar-refractivity contribution in [3.63, 3.8) is 0 Å². The van der Waals surface area contributed by atoms with Crippen LogP contribution in [0.5, 0.6) is 0 Å². The molecule has 0 atom stereocenters. The molecule has 6 heteroatoms. The van der Waals surface area contributed by atoms with Gasteiger partial charge in [-0.1, -0.05) is 12.1 Å². The van der Waals surface area contributed by atoms with E-state index >= 15 is 0 Å². The average Bonchev–Trinajstić information content (AvgIpc) is 2.90. The zero-order valence-electron chi connectivity index (χ0n) is 10.8. The second-order valence-corrected chi connectivity index (χ2v) is 4.48. The summed E-state index contributed by atoms with van der Waals surface area (Å²) in [5.41, 5.74) is 8.66. The van der Waals surface area contributed by atoms with Crippen molar-refractivity contribution in [2.75, 3.05) is 5.73 Å². The summed E-state index contributed by atoms with van der Waals surface area (Å²) >= 11 is 0. The van der Waals surface area contributed by atoms with Crippen LogP contribution in [0.1, 0.15) is 5.56 Å². The molecule has 1 heterocycles. The lowest BCUT2D eigenvalue weighted by Crippen LogP contribution is -2.02. The Bertz CT molecular complexity index is 766. The van der Waals surface area contributed by atoms with Gasteiger partial charge in [0.05, 0.1) is 5.69 Å². The van der Waals surface area contributed by atoms with Crippen molar-refractivity contribution in [1.29, 1.82) is 0 Å². The topological polar surface area (TPSA) is 69.6 Å². The molecule has 20 heavy (non-hydrogen) atoms. The quantitative estimate of drug-likeness (QED) is 0.725. The molecule has 3 aromatic rings. The Morgan fingerprint density at radius 2 is 2.00 bits per heavy atom. The molecule has 0 aliphatic carbocycles. The first kappa shape index (κ1) is 12.3. The Labute approximate surface area is 114 Å². The molecule has 0 aliphatic heterocycles. The highest BCUT2D eigenvalue weighted by molar-refractivity contribution is 5.72. The molecular weight excluding hydrogens is 257 g/mol. The van der Waals surface area contributed by atoms with Crippen molar-refractivity contribution < 1.29 is 4.39 Å². The third kappa shape index (κ3) is 2.11. The van der Waals surface area contributed by atoms with Gasteiger partial charge in [0.1, 0.15) is 5.82 Å². The Morgan fingerprint density at radius 3 is 2.80 bits per heavy atom. The van der Waals surface area contributed by atoms with Crippen molar-refractivity contribution >= 4 is 5.69 Å². The van der Waals surface area contributed by atoms with E-state index in [0.717, 1.165) is 11.3 Å². The lowest BCUT2D eigenvalue weighted by molar-refractivity contribution is 0.628. The van der Waals surface area contributed by atoms with E-state index in [1.807, 2.05) is 31.2 Å². The fourth-order valence-electron chi connectivity index (χ4n) is 2.01. The molecule has 1 aromatic heterocycles. The number of rotatable bonds is 2. The lowest BCUT2D eigenvalue weighted by atomic mass is 10.1. The normalized spacial score (nSPS) is 10.7. The maximum absolute atomic E-state index is 13.4.